The Kier molecular flexibility index (Phi) is 5.48. The van der Waals surface area contributed by atoms with E-state index < -0.39 is 0 Å². The van der Waals surface area contributed by atoms with Gasteiger partial charge in [0.25, 0.3) is 0 Å². The van der Waals surface area contributed by atoms with Gasteiger partial charge in [-0.25, -0.2) is 15.0 Å². The zero-order valence-corrected chi connectivity index (χ0v) is 21.2. The third-order valence-electron chi connectivity index (χ3n) is 7.09. The van der Waals surface area contributed by atoms with Crippen LogP contribution in [0.25, 0.3) is 66.5 Å². The molecule has 0 N–H and O–H groups in total. The molecule has 0 amide bonds. The molecule has 0 aliphatic carbocycles. The van der Waals surface area contributed by atoms with Gasteiger partial charge in [0.05, 0.1) is 45.3 Å². The molecule has 0 radical (unpaired) electrons. The van der Waals surface area contributed by atoms with Gasteiger partial charge in [-0.1, -0.05) is 91.0 Å². The first-order valence-electron chi connectivity index (χ1n) is 12.8. The smallest absolute Gasteiger partial charge is 0.108 e. The first kappa shape index (κ1) is 23.2. The van der Waals surface area contributed by atoms with Crippen molar-refractivity contribution in [3.05, 3.63) is 126 Å². The van der Waals surface area contributed by atoms with Crippen molar-refractivity contribution in [3.8, 4) is 45.9 Å². The van der Waals surface area contributed by atoms with Crippen molar-refractivity contribution in [1.29, 1.82) is 10.5 Å². The number of para-hydroxylation sites is 1. The van der Waals surface area contributed by atoms with Crippen LogP contribution in [0.5, 0.6) is 0 Å². The SMILES string of the molecule is N#Cc1cccc(-c2nc3ccccc3c3c2cc(C#N)c2nc(-c4ccccc4)c(-c4ccccc4)nc23)c1. The zero-order chi connectivity index (χ0) is 27.1. The van der Waals surface area contributed by atoms with E-state index in [4.69, 9.17) is 15.0 Å². The van der Waals surface area contributed by atoms with Gasteiger partial charge in [-0.05, 0) is 24.3 Å². The lowest BCUT2D eigenvalue weighted by atomic mass is 9.95. The largest absolute Gasteiger partial charge is 0.247 e. The monoisotopic (exact) mass is 509 g/mol. The second-order valence-electron chi connectivity index (χ2n) is 9.48. The van der Waals surface area contributed by atoms with E-state index in [0.717, 1.165) is 49.8 Å². The third kappa shape index (κ3) is 3.74. The molecule has 7 aromatic rings. The number of benzene rings is 5. The van der Waals surface area contributed by atoms with Gasteiger partial charge in [-0.3, -0.25) is 0 Å². The van der Waals surface area contributed by atoms with Crippen molar-refractivity contribution < 1.29 is 0 Å². The Labute approximate surface area is 230 Å². The van der Waals surface area contributed by atoms with Gasteiger partial charge >= 0.3 is 0 Å². The maximum atomic E-state index is 10.3. The highest BCUT2D eigenvalue weighted by atomic mass is 14.8. The number of pyridine rings is 1. The van der Waals surface area contributed by atoms with Crippen LogP contribution in [0.1, 0.15) is 11.1 Å². The van der Waals surface area contributed by atoms with E-state index in [-0.39, 0.29) is 0 Å². The van der Waals surface area contributed by atoms with Crippen LogP contribution >= 0.6 is 0 Å². The van der Waals surface area contributed by atoms with Crippen LogP contribution in [0, 0.1) is 22.7 Å². The molecule has 5 nitrogen and oxygen atoms in total. The molecule has 2 heterocycles. The van der Waals surface area contributed by atoms with Gasteiger partial charge in [0, 0.05) is 32.8 Å². The van der Waals surface area contributed by atoms with Crippen molar-refractivity contribution in [2.24, 2.45) is 0 Å². The summed E-state index contributed by atoms with van der Waals surface area (Å²) >= 11 is 0. The number of rotatable bonds is 3. The van der Waals surface area contributed by atoms with Crippen molar-refractivity contribution in [2.75, 3.05) is 0 Å². The average Bonchev–Trinajstić information content (AvgIpc) is 3.04. The first-order valence-corrected chi connectivity index (χ1v) is 12.8. The molecule has 0 saturated heterocycles. The lowest BCUT2D eigenvalue weighted by Crippen LogP contribution is -2.00. The van der Waals surface area contributed by atoms with Crippen LogP contribution < -0.4 is 0 Å². The highest BCUT2D eigenvalue weighted by Crippen LogP contribution is 2.40. The molecular formula is C35H19N5. The molecule has 0 atom stereocenters. The minimum Gasteiger partial charge on any atom is -0.247 e. The van der Waals surface area contributed by atoms with E-state index in [2.05, 4.69) is 12.1 Å². The topological polar surface area (TPSA) is 86.2 Å². The fourth-order valence-electron chi connectivity index (χ4n) is 5.27. The maximum Gasteiger partial charge on any atom is 0.108 e. The predicted molar refractivity (Wildman–Crippen MR) is 158 cm³/mol. The van der Waals surface area contributed by atoms with Gasteiger partial charge in [0.15, 0.2) is 0 Å². The van der Waals surface area contributed by atoms with Crippen LogP contribution in [-0.4, -0.2) is 15.0 Å². The van der Waals surface area contributed by atoms with E-state index >= 15 is 0 Å². The number of nitrogens with zero attached hydrogens (tertiary/aromatic N) is 5. The summed E-state index contributed by atoms with van der Waals surface area (Å²) in [7, 11) is 0. The van der Waals surface area contributed by atoms with Gasteiger partial charge < -0.3 is 0 Å². The van der Waals surface area contributed by atoms with E-state index in [9.17, 15) is 10.5 Å². The summed E-state index contributed by atoms with van der Waals surface area (Å²) in [5, 5.41) is 22.5. The number of hydrogen-bond acceptors (Lipinski definition) is 5. The summed E-state index contributed by atoms with van der Waals surface area (Å²) in [6, 6.07) is 41.7. The van der Waals surface area contributed by atoms with E-state index in [1.54, 1.807) is 6.07 Å². The fraction of sp³-hybridized carbons (Fsp3) is 0. The summed E-state index contributed by atoms with van der Waals surface area (Å²) in [4.78, 5) is 15.4. The second kappa shape index (κ2) is 9.44. The Morgan fingerprint density at radius 2 is 1.10 bits per heavy atom. The molecule has 0 saturated carbocycles. The van der Waals surface area contributed by atoms with E-state index in [0.29, 0.717) is 27.9 Å². The molecule has 0 bridgehead atoms. The average molecular weight is 510 g/mol. The normalized spacial score (nSPS) is 10.9. The van der Waals surface area contributed by atoms with Gasteiger partial charge in [-0.2, -0.15) is 10.5 Å². The van der Waals surface area contributed by atoms with Gasteiger partial charge in [-0.15, -0.1) is 0 Å². The summed E-state index contributed by atoms with van der Waals surface area (Å²) in [5.74, 6) is 0. The minimum absolute atomic E-state index is 0.418. The van der Waals surface area contributed by atoms with Crippen LogP contribution in [0.4, 0.5) is 0 Å². The molecule has 40 heavy (non-hydrogen) atoms. The lowest BCUT2D eigenvalue weighted by molar-refractivity contribution is 1.29. The zero-order valence-electron chi connectivity index (χ0n) is 21.2. The van der Waals surface area contributed by atoms with E-state index in [1.807, 2.05) is 109 Å². The predicted octanol–water partition coefficient (Wildman–Crippen LogP) is 8.08. The van der Waals surface area contributed by atoms with Gasteiger partial charge in [0.2, 0.25) is 0 Å². The molecule has 5 heteroatoms. The van der Waals surface area contributed by atoms with Crippen molar-refractivity contribution in [1.82, 2.24) is 15.0 Å². The highest BCUT2D eigenvalue weighted by Gasteiger charge is 2.21. The molecule has 184 valence electrons. The lowest BCUT2D eigenvalue weighted by Gasteiger charge is -2.16. The Morgan fingerprint density at radius 3 is 1.77 bits per heavy atom. The second-order valence-corrected chi connectivity index (χ2v) is 9.48. The first-order chi connectivity index (χ1) is 19.7. The highest BCUT2D eigenvalue weighted by molar-refractivity contribution is 6.22. The van der Waals surface area contributed by atoms with Crippen LogP contribution in [0.15, 0.2) is 115 Å². The maximum absolute atomic E-state index is 10.3. The van der Waals surface area contributed by atoms with Crippen molar-refractivity contribution in [2.45, 2.75) is 0 Å². The molecular weight excluding hydrogens is 490 g/mol. The molecule has 0 spiro atoms. The van der Waals surface area contributed by atoms with E-state index in [1.165, 1.54) is 0 Å². The summed E-state index contributed by atoms with van der Waals surface area (Å²) in [6.45, 7) is 0. The fourth-order valence-corrected chi connectivity index (χ4v) is 5.27. The summed E-state index contributed by atoms with van der Waals surface area (Å²) in [5.41, 5.74) is 7.76. The Balaban J connectivity index is 1.69. The number of hydrogen-bond donors (Lipinski definition) is 0. The molecule has 5 aromatic carbocycles. The molecule has 2 aromatic heterocycles. The van der Waals surface area contributed by atoms with Crippen molar-refractivity contribution in [3.63, 3.8) is 0 Å². The van der Waals surface area contributed by atoms with Gasteiger partial charge in [0.1, 0.15) is 11.6 Å². The summed E-state index contributed by atoms with van der Waals surface area (Å²) < 4.78 is 0. The molecule has 0 unspecified atom stereocenters. The molecule has 0 fully saturated rings. The Bertz CT molecular complexity index is 2170. The standard InChI is InChI=1S/C35H19N5/c36-20-22-10-9-15-25(18-22)31-28-19-26(21-37)34-35(30(28)27-16-7-8-17-29(27)38-31)40-33(24-13-5-2-6-14-24)32(39-34)23-11-3-1-4-12-23/h1-19H. The number of nitriles is 2. The van der Waals surface area contributed by atoms with Crippen LogP contribution in [0.3, 0.4) is 0 Å². The Hall–Kier alpha value is -5.91. The molecule has 7 rings (SSSR count). The van der Waals surface area contributed by atoms with Crippen LogP contribution in [0.2, 0.25) is 0 Å². The third-order valence-corrected chi connectivity index (χ3v) is 7.09. The minimum atomic E-state index is 0.418. The number of fused-ring (bicyclic) bond motifs is 5. The van der Waals surface area contributed by atoms with Crippen molar-refractivity contribution >= 4 is 32.7 Å². The number of aromatic nitrogens is 3. The quantitative estimate of drug-likeness (QED) is 0.225. The van der Waals surface area contributed by atoms with Crippen LogP contribution in [-0.2, 0) is 0 Å². The Morgan fingerprint density at radius 1 is 0.475 bits per heavy atom. The summed E-state index contributed by atoms with van der Waals surface area (Å²) in [6.07, 6.45) is 0. The molecule has 0 aliphatic heterocycles. The molecule has 0 aliphatic rings.